The number of nitrogens with zero attached hydrogens (tertiary/aromatic N) is 2. The predicted molar refractivity (Wildman–Crippen MR) is 104 cm³/mol. The first-order chi connectivity index (χ1) is 11.3. The molecule has 1 aliphatic heterocycles. The van der Waals surface area contributed by atoms with Gasteiger partial charge in [0.25, 0.3) is 0 Å². The van der Waals surface area contributed by atoms with E-state index >= 15 is 0 Å². The lowest BCUT2D eigenvalue weighted by molar-refractivity contribution is 0.306. The normalized spacial score (nSPS) is 19.4. The van der Waals surface area contributed by atoms with Crippen molar-refractivity contribution in [1.29, 1.82) is 0 Å². The van der Waals surface area contributed by atoms with Crippen molar-refractivity contribution < 1.29 is 8.42 Å². The number of nitrogens with one attached hydrogen (secondary N) is 1. The summed E-state index contributed by atoms with van der Waals surface area (Å²) >= 11 is 5.60. The van der Waals surface area contributed by atoms with Crippen LogP contribution >= 0.6 is 12.2 Å². The van der Waals surface area contributed by atoms with Gasteiger partial charge in [-0.15, -0.1) is 0 Å². The van der Waals surface area contributed by atoms with Crippen molar-refractivity contribution in [2.24, 2.45) is 0 Å². The Morgan fingerprint density at radius 2 is 2.08 bits per heavy atom. The van der Waals surface area contributed by atoms with Gasteiger partial charge in [0.15, 0.2) is 14.9 Å². The summed E-state index contributed by atoms with van der Waals surface area (Å²) in [4.78, 5) is 4.19. The molecule has 134 valence electrons. The average Bonchev–Trinajstić information content (AvgIpc) is 2.83. The quantitative estimate of drug-likeness (QED) is 0.776. The first kappa shape index (κ1) is 19.1. The molecule has 0 unspecified atom stereocenters. The molecule has 5 nitrogen and oxygen atoms in total. The molecule has 1 aromatic rings. The lowest BCUT2D eigenvalue weighted by Crippen LogP contribution is -2.44. The second-order valence-electron chi connectivity index (χ2n) is 6.71. The van der Waals surface area contributed by atoms with Gasteiger partial charge in [0, 0.05) is 18.3 Å². The van der Waals surface area contributed by atoms with E-state index in [0.29, 0.717) is 11.5 Å². The second kappa shape index (κ2) is 8.27. The fourth-order valence-electron chi connectivity index (χ4n) is 2.95. The topological polar surface area (TPSA) is 52.6 Å². The maximum Gasteiger partial charge on any atom is 0.173 e. The van der Waals surface area contributed by atoms with E-state index in [-0.39, 0.29) is 17.5 Å². The molecule has 7 heteroatoms. The summed E-state index contributed by atoms with van der Waals surface area (Å²) in [5.41, 5.74) is 2.10. The summed E-state index contributed by atoms with van der Waals surface area (Å²) in [6.07, 6.45) is 1.60. The van der Waals surface area contributed by atoms with E-state index < -0.39 is 9.84 Å². The molecule has 1 fully saturated rings. The fourth-order valence-corrected chi connectivity index (χ4v) is 5.04. The number of aryl methyl sites for hydroxylation is 1. The Hall–Kier alpha value is -1.18. The molecular formula is C17H27N3O2S2. The van der Waals surface area contributed by atoms with Crippen LogP contribution in [0.2, 0.25) is 0 Å². The standard InChI is InChI=1S/C17H27N3O2S2/c1-14-6-4-7-15(12-14)18-17(23)20(10-5-9-19(2)3)16-8-11-24(21,22)13-16/h4,6-7,12,16H,5,8-11,13H2,1-3H3,(H,18,23)/t16-/m0/s1. The van der Waals surface area contributed by atoms with Crippen LogP contribution in [0.3, 0.4) is 0 Å². The molecule has 2 rings (SSSR count). The van der Waals surface area contributed by atoms with Gasteiger partial charge in [-0.25, -0.2) is 8.42 Å². The van der Waals surface area contributed by atoms with Gasteiger partial charge in [-0.05, 0) is 70.3 Å². The van der Waals surface area contributed by atoms with Gasteiger partial charge in [0.05, 0.1) is 11.5 Å². The lowest BCUT2D eigenvalue weighted by Gasteiger charge is -2.31. The Morgan fingerprint density at radius 1 is 1.33 bits per heavy atom. The van der Waals surface area contributed by atoms with Crippen LogP contribution in [0.5, 0.6) is 0 Å². The zero-order valence-corrected chi connectivity index (χ0v) is 16.3. The van der Waals surface area contributed by atoms with Crippen molar-refractivity contribution in [3.8, 4) is 0 Å². The molecule has 0 aromatic heterocycles. The Morgan fingerprint density at radius 3 is 2.67 bits per heavy atom. The molecule has 0 bridgehead atoms. The highest BCUT2D eigenvalue weighted by Crippen LogP contribution is 2.20. The summed E-state index contributed by atoms with van der Waals surface area (Å²) in [5, 5.41) is 3.89. The number of anilines is 1. The van der Waals surface area contributed by atoms with E-state index in [1.54, 1.807) is 0 Å². The fraction of sp³-hybridized carbons (Fsp3) is 0.588. The van der Waals surface area contributed by atoms with Gasteiger partial charge in [-0.2, -0.15) is 0 Å². The molecule has 1 saturated heterocycles. The molecule has 0 spiro atoms. The van der Waals surface area contributed by atoms with Crippen LogP contribution in [0.1, 0.15) is 18.4 Å². The minimum atomic E-state index is -2.93. The van der Waals surface area contributed by atoms with Crippen LogP contribution in [0.25, 0.3) is 0 Å². The highest BCUT2D eigenvalue weighted by atomic mass is 32.2. The molecule has 1 heterocycles. The van der Waals surface area contributed by atoms with Crippen molar-refractivity contribution in [1.82, 2.24) is 9.80 Å². The Bertz CT molecular complexity index is 674. The summed E-state index contributed by atoms with van der Waals surface area (Å²) in [5.74, 6) is 0.458. The average molecular weight is 370 g/mol. The maximum absolute atomic E-state index is 11.9. The highest BCUT2D eigenvalue weighted by Gasteiger charge is 2.33. The van der Waals surface area contributed by atoms with Crippen molar-refractivity contribution in [3.63, 3.8) is 0 Å². The second-order valence-corrected chi connectivity index (χ2v) is 9.32. The van der Waals surface area contributed by atoms with Gasteiger partial charge in [0.1, 0.15) is 0 Å². The third-order valence-electron chi connectivity index (χ3n) is 4.18. The van der Waals surface area contributed by atoms with E-state index in [9.17, 15) is 8.42 Å². The molecule has 0 amide bonds. The molecule has 24 heavy (non-hydrogen) atoms. The molecule has 0 aliphatic carbocycles. The first-order valence-corrected chi connectivity index (χ1v) is 10.5. The molecule has 1 aromatic carbocycles. The van der Waals surface area contributed by atoms with Crippen LogP contribution in [0.15, 0.2) is 24.3 Å². The lowest BCUT2D eigenvalue weighted by atomic mass is 10.2. The van der Waals surface area contributed by atoms with Crippen molar-refractivity contribution in [2.75, 3.05) is 44.0 Å². The van der Waals surface area contributed by atoms with E-state index in [4.69, 9.17) is 12.2 Å². The number of thiocarbonyl (C=S) groups is 1. The van der Waals surface area contributed by atoms with Crippen molar-refractivity contribution in [3.05, 3.63) is 29.8 Å². The van der Waals surface area contributed by atoms with Crippen LogP contribution in [0, 0.1) is 6.92 Å². The van der Waals surface area contributed by atoms with Crippen molar-refractivity contribution in [2.45, 2.75) is 25.8 Å². The molecule has 1 atom stereocenters. The zero-order chi connectivity index (χ0) is 17.7. The van der Waals surface area contributed by atoms with Gasteiger partial charge in [-0.1, -0.05) is 12.1 Å². The molecule has 0 radical (unpaired) electrons. The Kier molecular flexibility index (Phi) is 6.60. The highest BCUT2D eigenvalue weighted by molar-refractivity contribution is 7.91. The monoisotopic (exact) mass is 369 g/mol. The number of benzene rings is 1. The van der Waals surface area contributed by atoms with Crippen LogP contribution in [-0.2, 0) is 9.84 Å². The molecule has 1 aliphatic rings. The van der Waals surface area contributed by atoms with Crippen LogP contribution in [-0.4, -0.2) is 68.1 Å². The van der Waals surface area contributed by atoms with E-state index in [1.807, 2.05) is 45.3 Å². The summed E-state index contributed by atoms with van der Waals surface area (Å²) < 4.78 is 23.7. The SMILES string of the molecule is Cc1cccc(NC(=S)N(CCCN(C)C)[C@H]2CCS(=O)(=O)C2)c1. The summed E-state index contributed by atoms with van der Waals surface area (Å²) in [6, 6.07) is 8.00. The third-order valence-corrected chi connectivity index (χ3v) is 6.27. The van der Waals surface area contributed by atoms with Gasteiger partial charge in [0.2, 0.25) is 0 Å². The smallest absolute Gasteiger partial charge is 0.173 e. The number of hydrogen-bond donors (Lipinski definition) is 1. The zero-order valence-electron chi connectivity index (χ0n) is 14.7. The van der Waals surface area contributed by atoms with Gasteiger partial charge in [-0.3, -0.25) is 0 Å². The van der Waals surface area contributed by atoms with Crippen LogP contribution in [0.4, 0.5) is 5.69 Å². The first-order valence-electron chi connectivity index (χ1n) is 8.26. The minimum Gasteiger partial charge on any atom is -0.345 e. The molecule has 1 N–H and O–H groups in total. The summed E-state index contributed by atoms with van der Waals surface area (Å²) in [7, 11) is 1.14. The molecule has 0 saturated carbocycles. The number of hydrogen-bond acceptors (Lipinski definition) is 4. The van der Waals surface area contributed by atoms with Crippen molar-refractivity contribution >= 4 is 32.9 Å². The van der Waals surface area contributed by atoms with E-state index in [0.717, 1.165) is 30.8 Å². The van der Waals surface area contributed by atoms with Gasteiger partial charge >= 0.3 is 0 Å². The van der Waals surface area contributed by atoms with E-state index in [2.05, 4.69) is 15.1 Å². The number of sulfone groups is 1. The Balaban J connectivity index is 2.07. The minimum absolute atomic E-state index is 0.0260. The third kappa shape index (κ3) is 5.72. The largest absolute Gasteiger partial charge is 0.345 e. The van der Waals surface area contributed by atoms with Crippen LogP contribution < -0.4 is 5.32 Å². The number of rotatable bonds is 6. The predicted octanol–water partition coefficient (Wildman–Crippen LogP) is 2.13. The maximum atomic E-state index is 11.9. The van der Waals surface area contributed by atoms with E-state index in [1.165, 1.54) is 0 Å². The Labute approximate surface area is 150 Å². The summed E-state index contributed by atoms with van der Waals surface area (Å²) in [6.45, 7) is 3.74. The van der Waals surface area contributed by atoms with Gasteiger partial charge < -0.3 is 15.1 Å². The molecular weight excluding hydrogens is 342 g/mol.